The van der Waals surface area contributed by atoms with E-state index in [-0.39, 0.29) is 6.79 Å². The van der Waals surface area contributed by atoms with E-state index in [1.165, 1.54) is 0 Å². The number of fused-ring (bicyclic) bond motifs is 1. The maximum absolute atomic E-state index is 10.9. The van der Waals surface area contributed by atoms with Gasteiger partial charge >= 0.3 is 5.97 Å². The van der Waals surface area contributed by atoms with Gasteiger partial charge in [0.15, 0.2) is 6.79 Å². The Hall–Kier alpha value is -1.55. The average Bonchev–Trinajstić information content (AvgIpc) is 2.33. The van der Waals surface area contributed by atoms with Gasteiger partial charge in [-0.25, -0.2) is 0 Å². The van der Waals surface area contributed by atoms with Crippen LogP contribution in [0.2, 0.25) is 0 Å². The van der Waals surface area contributed by atoms with E-state index in [1.807, 2.05) is 19.1 Å². The summed E-state index contributed by atoms with van der Waals surface area (Å²) in [7, 11) is 0. The van der Waals surface area contributed by atoms with Crippen LogP contribution in [-0.2, 0) is 22.6 Å². The number of rotatable bonds is 3. The number of hydrogen-bond donors (Lipinski definition) is 1. The van der Waals surface area contributed by atoms with Gasteiger partial charge in [-0.1, -0.05) is 19.1 Å². The van der Waals surface area contributed by atoms with Crippen LogP contribution in [-0.4, -0.2) is 17.9 Å². The molecule has 1 aromatic carbocycles. The normalized spacial score (nSPS) is 15.9. The SMILES string of the molecule is Cc1ccc(CC(C)C(=O)O)c2c1COCO2. The number of carboxylic acids is 1. The van der Waals surface area contributed by atoms with Gasteiger partial charge in [0.2, 0.25) is 0 Å². The lowest BCUT2D eigenvalue weighted by Crippen LogP contribution is -2.17. The Morgan fingerprint density at radius 3 is 3.00 bits per heavy atom. The minimum absolute atomic E-state index is 0.241. The summed E-state index contributed by atoms with van der Waals surface area (Å²) in [6.45, 7) is 4.48. The first-order valence-electron chi connectivity index (χ1n) is 5.64. The molecule has 1 aliphatic heterocycles. The van der Waals surface area contributed by atoms with Gasteiger partial charge in [-0.3, -0.25) is 4.79 Å². The van der Waals surface area contributed by atoms with Gasteiger partial charge in [-0.05, 0) is 24.5 Å². The third kappa shape index (κ3) is 2.42. The maximum Gasteiger partial charge on any atom is 0.306 e. The highest BCUT2D eigenvalue weighted by Gasteiger charge is 2.20. The quantitative estimate of drug-likeness (QED) is 0.873. The lowest BCUT2D eigenvalue weighted by atomic mass is 9.96. The van der Waals surface area contributed by atoms with Crippen LogP contribution in [0.5, 0.6) is 5.75 Å². The van der Waals surface area contributed by atoms with E-state index in [2.05, 4.69) is 0 Å². The zero-order valence-corrected chi connectivity index (χ0v) is 10.0. The number of hydrogen-bond acceptors (Lipinski definition) is 3. The molecule has 0 spiro atoms. The molecule has 1 heterocycles. The Bertz CT molecular complexity index is 439. The van der Waals surface area contributed by atoms with Crippen LogP contribution < -0.4 is 4.74 Å². The lowest BCUT2D eigenvalue weighted by Gasteiger charge is -2.23. The molecule has 2 rings (SSSR count). The smallest absolute Gasteiger partial charge is 0.306 e. The molecular weight excluding hydrogens is 220 g/mol. The van der Waals surface area contributed by atoms with Gasteiger partial charge in [0.25, 0.3) is 0 Å². The molecule has 4 nitrogen and oxygen atoms in total. The van der Waals surface area contributed by atoms with E-state index in [4.69, 9.17) is 14.6 Å². The highest BCUT2D eigenvalue weighted by Crippen LogP contribution is 2.32. The molecule has 0 saturated carbocycles. The van der Waals surface area contributed by atoms with Crippen LogP contribution in [0.1, 0.15) is 23.6 Å². The van der Waals surface area contributed by atoms with E-state index in [0.29, 0.717) is 13.0 Å². The molecule has 0 fully saturated rings. The first kappa shape index (κ1) is 11.9. The highest BCUT2D eigenvalue weighted by atomic mass is 16.7. The highest BCUT2D eigenvalue weighted by molar-refractivity contribution is 5.70. The number of benzene rings is 1. The summed E-state index contributed by atoms with van der Waals surface area (Å²) in [4.78, 5) is 10.9. The van der Waals surface area contributed by atoms with E-state index in [0.717, 1.165) is 22.4 Å². The number of ether oxygens (including phenoxy) is 2. The van der Waals surface area contributed by atoms with Gasteiger partial charge in [-0.15, -0.1) is 0 Å². The second-order valence-electron chi connectivity index (χ2n) is 4.40. The van der Waals surface area contributed by atoms with Crippen molar-refractivity contribution in [3.8, 4) is 5.75 Å². The molecule has 1 N–H and O–H groups in total. The summed E-state index contributed by atoms with van der Waals surface area (Å²) < 4.78 is 10.7. The molecule has 0 radical (unpaired) electrons. The topological polar surface area (TPSA) is 55.8 Å². The third-order valence-electron chi connectivity index (χ3n) is 3.06. The first-order chi connectivity index (χ1) is 8.09. The van der Waals surface area contributed by atoms with E-state index in [1.54, 1.807) is 6.92 Å². The largest absolute Gasteiger partial charge is 0.481 e. The lowest BCUT2D eigenvalue weighted by molar-refractivity contribution is -0.141. The van der Waals surface area contributed by atoms with Crippen molar-refractivity contribution in [2.24, 2.45) is 5.92 Å². The van der Waals surface area contributed by atoms with Crippen LogP contribution in [0.3, 0.4) is 0 Å². The molecule has 1 aliphatic rings. The number of carboxylic acid groups (broad SMARTS) is 1. The fraction of sp³-hybridized carbons (Fsp3) is 0.462. The molecule has 0 saturated heterocycles. The molecular formula is C13H16O4. The molecule has 0 amide bonds. The van der Waals surface area contributed by atoms with Crippen molar-refractivity contribution in [3.63, 3.8) is 0 Å². The van der Waals surface area contributed by atoms with Crippen molar-refractivity contribution in [1.82, 2.24) is 0 Å². The van der Waals surface area contributed by atoms with Crippen molar-refractivity contribution in [3.05, 3.63) is 28.8 Å². The van der Waals surface area contributed by atoms with Gasteiger partial charge in [0.05, 0.1) is 12.5 Å². The number of aryl methyl sites for hydroxylation is 1. The second-order valence-corrected chi connectivity index (χ2v) is 4.40. The van der Waals surface area contributed by atoms with Crippen molar-refractivity contribution >= 4 is 5.97 Å². The Labute approximate surface area is 100 Å². The standard InChI is InChI=1S/C13H16O4/c1-8-3-4-10(5-9(2)13(14)15)12-11(8)6-16-7-17-12/h3-4,9H,5-7H2,1-2H3,(H,14,15). The van der Waals surface area contributed by atoms with E-state index >= 15 is 0 Å². The molecule has 17 heavy (non-hydrogen) atoms. The Morgan fingerprint density at radius 1 is 1.53 bits per heavy atom. The molecule has 1 unspecified atom stereocenters. The maximum atomic E-state index is 10.9. The van der Waals surface area contributed by atoms with E-state index in [9.17, 15) is 4.79 Å². The first-order valence-corrected chi connectivity index (χ1v) is 5.64. The fourth-order valence-corrected chi connectivity index (χ4v) is 1.96. The molecule has 1 aromatic rings. The Morgan fingerprint density at radius 2 is 2.29 bits per heavy atom. The number of carbonyl (C=O) groups is 1. The van der Waals surface area contributed by atoms with Crippen LogP contribution in [0.4, 0.5) is 0 Å². The Balaban J connectivity index is 2.32. The van der Waals surface area contributed by atoms with Crippen LogP contribution in [0.15, 0.2) is 12.1 Å². The van der Waals surface area contributed by atoms with Crippen LogP contribution in [0.25, 0.3) is 0 Å². The molecule has 4 heteroatoms. The molecule has 0 aliphatic carbocycles. The van der Waals surface area contributed by atoms with Crippen molar-refractivity contribution < 1.29 is 19.4 Å². The second kappa shape index (κ2) is 4.75. The van der Waals surface area contributed by atoms with Gasteiger partial charge in [0.1, 0.15) is 5.75 Å². The molecule has 1 atom stereocenters. The fourth-order valence-electron chi connectivity index (χ4n) is 1.96. The minimum atomic E-state index is -0.786. The van der Waals surface area contributed by atoms with Gasteiger partial charge < -0.3 is 14.6 Å². The summed E-state index contributed by atoms with van der Waals surface area (Å²) >= 11 is 0. The Kier molecular flexibility index (Phi) is 3.33. The van der Waals surface area contributed by atoms with Gasteiger partial charge in [0, 0.05) is 5.56 Å². The number of aliphatic carboxylic acids is 1. The zero-order chi connectivity index (χ0) is 12.4. The summed E-state index contributed by atoms with van der Waals surface area (Å²) in [5.41, 5.74) is 3.10. The van der Waals surface area contributed by atoms with E-state index < -0.39 is 11.9 Å². The summed E-state index contributed by atoms with van der Waals surface area (Å²) in [6.07, 6.45) is 0.484. The molecule has 0 aromatic heterocycles. The average molecular weight is 236 g/mol. The monoisotopic (exact) mass is 236 g/mol. The van der Waals surface area contributed by atoms with Crippen molar-refractivity contribution in [2.45, 2.75) is 26.9 Å². The summed E-state index contributed by atoms with van der Waals surface area (Å²) in [6, 6.07) is 3.93. The van der Waals surface area contributed by atoms with Crippen LogP contribution >= 0.6 is 0 Å². The predicted molar refractivity (Wildman–Crippen MR) is 62.0 cm³/mol. The minimum Gasteiger partial charge on any atom is -0.481 e. The zero-order valence-electron chi connectivity index (χ0n) is 10.0. The predicted octanol–water partition coefficient (Wildman–Crippen LogP) is 2.12. The van der Waals surface area contributed by atoms with Crippen molar-refractivity contribution in [2.75, 3.05) is 6.79 Å². The van der Waals surface area contributed by atoms with Crippen molar-refractivity contribution in [1.29, 1.82) is 0 Å². The van der Waals surface area contributed by atoms with Crippen LogP contribution in [0, 0.1) is 12.8 Å². The summed E-state index contributed by atoms with van der Waals surface area (Å²) in [5, 5.41) is 8.94. The molecule has 0 bridgehead atoms. The third-order valence-corrected chi connectivity index (χ3v) is 3.06. The summed E-state index contributed by atoms with van der Waals surface area (Å²) in [5.74, 6) is -0.385. The van der Waals surface area contributed by atoms with Gasteiger partial charge in [-0.2, -0.15) is 0 Å². The molecule has 92 valence electrons.